The van der Waals surface area contributed by atoms with E-state index >= 15 is 0 Å². The summed E-state index contributed by atoms with van der Waals surface area (Å²) in [5.41, 5.74) is 4.04. The number of nitrogens with zero attached hydrogens (tertiary/aromatic N) is 2. The second-order valence-corrected chi connectivity index (χ2v) is 6.11. The standard InChI is InChI=1S/C18H12ClFN2O2/c19-11-2-8-14-10(9-11)1-7-15-16(18(23)24)21-22(17(14)15)13-5-3-12(20)4-6-13/h2-6,8-9H,1,7H2,(H,23,24). The molecular formula is C18H12ClFN2O2. The molecule has 0 radical (unpaired) electrons. The first kappa shape index (κ1) is 14.9. The molecule has 1 aromatic heterocycles. The highest BCUT2D eigenvalue weighted by Crippen LogP contribution is 2.38. The molecule has 0 spiro atoms. The number of carboxylic acids is 1. The van der Waals surface area contributed by atoms with Crippen molar-refractivity contribution in [3.05, 3.63) is 70.1 Å². The maximum Gasteiger partial charge on any atom is 0.356 e. The number of carbonyl (C=O) groups is 1. The van der Waals surface area contributed by atoms with E-state index < -0.39 is 5.97 Å². The predicted molar refractivity (Wildman–Crippen MR) is 88.3 cm³/mol. The lowest BCUT2D eigenvalue weighted by atomic mass is 9.89. The number of carboxylic acid groups (broad SMARTS) is 1. The largest absolute Gasteiger partial charge is 0.476 e. The second kappa shape index (κ2) is 5.46. The van der Waals surface area contributed by atoms with Crippen LogP contribution < -0.4 is 0 Å². The number of fused-ring (bicyclic) bond motifs is 3. The van der Waals surface area contributed by atoms with Gasteiger partial charge >= 0.3 is 5.97 Å². The lowest BCUT2D eigenvalue weighted by molar-refractivity contribution is 0.0688. The molecule has 1 N–H and O–H groups in total. The molecule has 0 aliphatic heterocycles. The Morgan fingerprint density at radius 2 is 1.92 bits per heavy atom. The van der Waals surface area contributed by atoms with E-state index in [2.05, 4.69) is 5.10 Å². The average Bonchev–Trinajstić information content (AvgIpc) is 2.95. The van der Waals surface area contributed by atoms with Crippen LogP contribution in [0, 0.1) is 5.82 Å². The average molecular weight is 343 g/mol. The number of hydrogen-bond donors (Lipinski definition) is 1. The molecule has 0 bridgehead atoms. The Kier molecular flexibility index (Phi) is 3.39. The zero-order valence-corrected chi connectivity index (χ0v) is 13.2. The monoisotopic (exact) mass is 342 g/mol. The number of halogens is 2. The molecule has 4 nitrogen and oxygen atoms in total. The van der Waals surface area contributed by atoms with Gasteiger partial charge in [-0.05, 0) is 54.8 Å². The van der Waals surface area contributed by atoms with E-state index in [1.807, 2.05) is 12.1 Å². The van der Waals surface area contributed by atoms with Crippen LogP contribution in [-0.4, -0.2) is 20.9 Å². The molecule has 3 aromatic rings. The van der Waals surface area contributed by atoms with Crippen molar-refractivity contribution in [2.45, 2.75) is 12.8 Å². The molecular weight excluding hydrogens is 331 g/mol. The molecule has 0 amide bonds. The molecule has 2 aromatic carbocycles. The lowest BCUT2D eigenvalue weighted by Gasteiger charge is -2.19. The molecule has 24 heavy (non-hydrogen) atoms. The van der Waals surface area contributed by atoms with Gasteiger partial charge in [0, 0.05) is 16.1 Å². The number of benzene rings is 2. The van der Waals surface area contributed by atoms with Crippen molar-refractivity contribution >= 4 is 17.6 Å². The zero-order valence-electron chi connectivity index (χ0n) is 12.5. The second-order valence-electron chi connectivity index (χ2n) is 5.67. The molecule has 6 heteroatoms. The van der Waals surface area contributed by atoms with E-state index in [0.717, 1.165) is 16.8 Å². The minimum Gasteiger partial charge on any atom is -0.476 e. The maximum atomic E-state index is 13.2. The first-order valence-electron chi connectivity index (χ1n) is 7.44. The Hall–Kier alpha value is -2.66. The summed E-state index contributed by atoms with van der Waals surface area (Å²) in [6, 6.07) is 11.4. The third-order valence-corrected chi connectivity index (χ3v) is 4.46. The highest BCUT2D eigenvalue weighted by molar-refractivity contribution is 6.30. The lowest BCUT2D eigenvalue weighted by Crippen LogP contribution is -2.08. The van der Waals surface area contributed by atoms with Gasteiger partial charge in [-0.1, -0.05) is 17.7 Å². The molecule has 120 valence electrons. The van der Waals surface area contributed by atoms with Crippen LogP contribution in [0.1, 0.15) is 21.6 Å². The third-order valence-electron chi connectivity index (χ3n) is 4.22. The van der Waals surface area contributed by atoms with Crippen LogP contribution in [0.3, 0.4) is 0 Å². The van der Waals surface area contributed by atoms with Crippen molar-refractivity contribution in [2.24, 2.45) is 0 Å². The normalized spacial score (nSPS) is 12.6. The molecule has 1 aliphatic carbocycles. The van der Waals surface area contributed by atoms with Gasteiger partial charge in [-0.3, -0.25) is 0 Å². The fraction of sp³-hybridized carbons (Fsp3) is 0.111. The Morgan fingerprint density at radius 3 is 2.62 bits per heavy atom. The Labute approximate surface area is 142 Å². The van der Waals surface area contributed by atoms with Crippen molar-refractivity contribution < 1.29 is 14.3 Å². The van der Waals surface area contributed by atoms with Crippen LogP contribution in [0.4, 0.5) is 4.39 Å². The van der Waals surface area contributed by atoms with Gasteiger partial charge < -0.3 is 5.11 Å². The van der Waals surface area contributed by atoms with Crippen molar-refractivity contribution in [1.29, 1.82) is 0 Å². The van der Waals surface area contributed by atoms with E-state index in [1.54, 1.807) is 22.9 Å². The quantitative estimate of drug-likeness (QED) is 0.762. The fourth-order valence-corrected chi connectivity index (χ4v) is 3.36. The van der Waals surface area contributed by atoms with Crippen molar-refractivity contribution in [1.82, 2.24) is 9.78 Å². The number of aryl methyl sites for hydroxylation is 1. The molecule has 4 rings (SSSR count). The van der Waals surface area contributed by atoms with E-state index in [9.17, 15) is 14.3 Å². The van der Waals surface area contributed by atoms with Crippen LogP contribution in [0.15, 0.2) is 42.5 Å². The van der Waals surface area contributed by atoms with Gasteiger partial charge in [0.05, 0.1) is 11.4 Å². The SMILES string of the molecule is O=C(O)c1nn(-c2ccc(F)cc2)c2c1CCc1cc(Cl)ccc1-2. The van der Waals surface area contributed by atoms with Crippen molar-refractivity contribution in [3.63, 3.8) is 0 Å². The molecule has 1 aliphatic rings. The number of aromatic carboxylic acids is 1. The molecule has 0 fully saturated rings. The van der Waals surface area contributed by atoms with E-state index in [4.69, 9.17) is 11.6 Å². The fourth-order valence-electron chi connectivity index (χ4n) is 3.16. The van der Waals surface area contributed by atoms with Crippen LogP contribution >= 0.6 is 11.6 Å². The first-order chi connectivity index (χ1) is 11.5. The Balaban J connectivity index is 2.01. The summed E-state index contributed by atoms with van der Waals surface area (Å²) in [5, 5.41) is 14.4. The number of rotatable bonds is 2. The predicted octanol–water partition coefficient (Wildman–Crippen LogP) is 4.13. The summed E-state index contributed by atoms with van der Waals surface area (Å²) >= 11 is 6.08. The van der Waals surface area contributed by atoms with Gasteiger partial charge in [0.15, 0.2) is 5.69 Å². The van der Waals surface area contributed by atoms with E-state index in [-0.39, 0.29) is 11.5 Å². The summed E-state index contributed by atoms with van der Waals surface area (Å²) < 4.78 is 14.8. The van der Waals surface area contributed by atoms with E-state index in [0.29, 0.717) is 29.1 Å². The Morgan fingerprint density at radius 1 is 1.17 bits per heavy atom. The zero-order chi connectivity index (χ0) is 16.8. The maximum absolute atomic E-state index is 13.2. The summed E-state index contributed by atoms with van der Waals surface area (Å²) in [5.74, 6) is -1.42. The number of hydrogen-bond acceptors (Lipinski definition) is 2. The highest BCUT2D eigenvalue weighted by atomic mass is 35.5. The van der Waals surface area contributed by atoms with Gasteiger partial charge in [0.1, 0.15) is 5.82 Å². The third kappa shape index (κ3) is 2.29. The smallest absolute Gasteiger partial charge is 0.356 e. The molecule has 0 saturated carbocycles. The molecule has 0 atom stereocenters. The Bertz CT molecular complexity index is 964. The molecule has 1 heterocycles. The minimum atomic E-state index is -1.07. The minimum absolute atomic E-state index is 0.0370. The van der Waals surface area contributed by atoms with Crippen LogP contribution in [0.25, 0.3) is 16.9 Å². The molecule has 0 unspecified atom stereocenters. The van der Waals surface area contributed by atoms with Crippen molar-refractivity contribution in [3.8, 4) is 16.9 Å². The van der Waals surface area contributed by atoms with Gasteiger partial charge in [0.25, 0.3) is 0 Å². The van der Waals surface area contributed by atoms with Crippen LogP contribution in [0.5, 0.6) is 0 Å². The van der Waals surface area contributed by atoms with Crippen molar-refractivity contribution in [2.75, 3.05) is 0 Å². The van der Waals surface area contributed by atoms with Crippen LogP contribution in [0.2, 0.25) is 5.02 Å². The van der Waals surface area contributed by atoms with Gasteiger partial charge in [-0.15, -0.1) is 0 Å². The number of aromatic nitrogens is 2. The first-order valence-corrected chi connectivity index (χ1v) is 7.82. The summed E-state index contributed by atoms with van der Waals surface area (Å²) in [7, 11) is 0. The van der Waals surface area contributed by atoms with E-state index in [1.165, 1.54) is 12.1 Å². The van der Waals surface area contributed by atoms with Gasteiger partial charge in [-0.25, -0.2) is 13.9 Å². The molecule has 0 saturated heterocycles. The topological polar surface area (TPSA) is 55.1 Å². The van der Waals surface area contributed by atoms with Crippen LogP contribution in [-0.2, 0) is 12.8 Å². The highest BCUT2D eigenvalue weighted by Gasteiger charge is 2.28. The summed E-state index contributed by atoms with van der Waals surface area (Å²) in [6.07, 6.45) is 1.28. The summed E-state index contributed by atoms with van der Waals surface area (Å²) in [4.78, 5) is 11.6. The van der Waals surface area contributed by atoms with Gasteiger partial charge in [0.2, 0.25) is 0 Å². The summed E-state index contributed by atoms with van der Waals surface area (Å²) in [6.45, 7) is 0. The van der Waals surface area contributed by atoms with Gasteiger partial charge in [-0.2, -0.15) is 5.10 Å².